The molecule has 0 spiro atoms. The number of amides is 1. The molecule has 6 heteroatoms. The number of thiophene rings is 1. The Labute approximate surface area is 129 Å². The van der Waals surface area contributed by atoms with Gasteiger partial charge in [0.05, 0.1) is 6.61 Å². The highest BCUT2D eigenvalue weighted by Gasteiger charge is 2.25. The molecule has 0 radical (unpaired) electrons. The SMILES string of the molecule is NC(=O)C1CN(Cc2ccc(CN3CCCC3)s2)CCO1. The summed E-state index contributed by atoms with van der Waals surface area (Å²) in [6, 6.07) is 4.45. The van der Waals surface area contributed by atoms with Crippen LogP contribution in [0.2, 0.25) is 0 Å². The number of carbonyl (C=O) groups excluding carboxylic acids is 1. The highest BCUT2D eigenvalue weighted by Crippen LogP contribution is 2.22. The van der Waals surface area contributed by atoms with Crippen LogP contribution in [-0.4, -0.2) is 54.6 Å². The summed E-state index contributed by atoms with van der Waals surface area (Å²) in [7, 11) is 0. The standard InChI is InChI=1S/C15H23N3O2S/c16-15(19)14-11-18(7-8-20-14)10-13-4-3-12(21-13)9-17-5-1-2-6-17/h3-4,14H,1-2,5-11H2,(H2,16,19). The van der Waals surface area contributed by atoms with E-state index in [1.165, 1.54) is 35.7 Å². The highest BCUT2D eigenvalue weighted by molar-refractivity contribution is 7.11. The second-order valence-corrected chi connectivity index (χ2v) is 7.10. The Hall–Kier alpha value is -0.950. The summed E-state index contributed by atoms with van der Waals surface area (Å²) >= 11 is 1.88. The monoisotopic (exact) mass is 309 g/mol. The van der Waals surface area contributed by atoms with E-state index in [1.54, 1.807) is 0 Å². The van der Waals surface area contributed by atoms with Gasteiger partial charge in [0.15, 0.2) is 0 Å². The number of ether oxygens (including phenoxy) is 1. The zero-order valence-electron chi connectivity index (χ0n) is 12.3. The third kappa shape index (κ3) is 4.03. The normalized spacial score (nSPS) is 24.5. The second kappa shape index (κ2) is 6.87. The maximum atomic E-state index is 11.2. The van der Waals surface area contributed by atoms with E-state index in [2.05, 4.69) is 21.9 Å². The van der Waals surface area contributed by atoms with E-state index in [-0.39, 0.29) is 5.91 Å². The van der Waals surface area contributed by atoms with Crippen molar-refractivity contribution in [2.45, 2.75) is 32.0 Å². The van der Waals surface area contributed by atoms with Crippen molar-refractivity contribution in [3.05, 3.63) is 21.9 Å². The number of carbonyl (C=O) groups is 1. The van der Waals surface area contributed by atoms with E-state index in [4.69, 9.17) is 10.5 Å². The molecule has 2 N–H and O–H groups in total. The van der Waals surface area contributed by atoms with Crippen LogP contribution in [0.15, 0.2) is 12.1 Å². The topological polar surface area (TPSA) is 58.8 Å². The first-order chi connectivity index (χ1) is 10.2. The van der Waals surface area contributed by atoms with Crippen LogP contribution < -0.4 is 5.73 Å². The minimum atomic E-state index is -0.456. The Morgan fingerprint density at radius 3 is 2.52 bits per heavy atom. The van der Waals surface area contributed by atoms with Gasteiger partial charge in [-0.1, -0.05) is 0 Å². The van der Waals surface area contributed by atoms with Crippen molar-refractivity contribution in [3.63, 3.8) is 0 Å². The van der Waals surface area contributed by atoms with Crippen molar-refractivity contribution in [1.29, 1.82) is 0 Å². The van der Waals surface area contributed by atoms with Crippen LogP contribution in [0.1, 0.15) is 22.6 Å². The van der Waals surface area contributed by atoms with Crippen LogP contribution in [0, 0.1) is 0 Å². The summed E-state index contributed by atoms with van der Waals surface area (Å²) in [6.45, 7) is 6.49. The molecule has 0 bridgehead atoms. The molecule has 116 valence electrons. The summed E-state index contributed by atoms with van der Waals surface area (Å²) < 4.78 is 5.38. The molecular formula is C15H23N3O2S. The van der Waals surface area contributed by atoms with Crippen molar-refractivity contribution in [2.24, 2.45) is 5.73 Å². The fourth-order valence-electron chi connectivity index (χ4n) is 2.99. The minimum Gasteiger partial charge on any atom is -0.367 e. The highest BCUT2D eigenvalue weighted by atomic mass is 32.1. The molecule has 2 fully saturated rings. The number of hydrogen-bond donors (Lipinski definition) is 1. The maximum Gasteiger partial charge on any atom is 0.247 e. The summed E-state index contributed by atoms with van der Waals surface area (Å²) in [5.41, 5.74) is 5.32. The van der Waals surface area contributed by atoms with E-state index in [1.807, 2.05) is 11.3 Å². The number of nitrogens with two attached hydrogens (primary N) is 1. The Balaban J connectivity index is 1.52. The number of likely N-dealkylation sites (tertiary alicyclic amines) is 1. The maximum absolute atomic E-state index is 11.2. The molecule has 2 saturated heterocycles. The quantitative estimate of drug-likeness (QED) is 0.882. The van der Waals surface area contributed by atoms with Crippen molar-refractivity contribution < 1.29 is 9.53 Å². The number of rotatable bonds is 5. The molecule has 1 amide bonds. The summed E-state index contributed by atoms with van der Waals surface area (Å²) in [5.74, 6) is -0.361. The van der Waals surface area contributed by atoms with Gasteiger partial charge < -0.3 is 10.5 Å². The number of nitrogens with zero attached hydrogens (tertiary/aromatic N) is 2. The van der Waals surface area contributed by atoms with Gasteiger partial charge in [-0.3, -0.25) is 14.6 Å². The van der Waals surface area contributed by atoms with Crippen molar-refractivity contribution in [2.75, 3.05) is 32.8 Å². The van der Waals surface area contributed by atoms with Crippen LogP contribution in [0.25, 0.3) is 0 Å². The molecule has 1 atom stereocenters. The van der Waals surface area contributed by atoms with Crippen molar-refractivity contribution in [1.82, 2.24) is 9.80 Å². The molecular weight excluding hydrogens is 286 g/mol. The van der Waals surface area contributed by atoms with Crippen LogP contribution in [0.4, 0.5) is 0 Å². The molecule has 0 aromatic carbocycles. The summed E-state index contributed by atoms with van der Waals surface area (Å²) in [4.78, 5) is 18.8. The zero-order valence-corrected chi connectivity index (χ0v) is 13.1. The average Bonchev–Trinajstić information content (AvgIpc) is 3.12. The fourth-order valence-corrected chi connectivity index (χ4v) is 4.10. The van der Waals surface area contributed by atoms with Crippen molar-refractivity contribution in [3.8, 4) is 0 Å². The lowest BCUT2D eigenvalue weighted by molar-refractivity contribution is -0.135. The van der Waals surface area contributed by atoms with Gasteiger partial charge in [0.1, 0.15) is 6.10 Å². The second-order valence-electron chi connectivity index (χ2n) is 5.85. The van der Waals surface area contributed by atoms with Crippen LogP contribution >= 0.6 is 11.3 Å². The van der Waals surface area contributed by atoms with Gasteiger partial charge in [0, 0.05) is 35.9 Å². The van der Waals surface area contributed by atoms with Gasteiger partial charge in [-0.05, 0) is 38.1 Å². The van der Waals surface area contributed by atoms with E-state index < -0.39 is 6.10 Å². The van der Waals surface area contributed by atoms with Crippen LogP contribution in [0.5, 0.6) is 0 Å². The average molecular weight is 309 g/mol. The van der Waals surface area contributed by atoms with E-state index in [0.29, 0.717) is 13.2 Å². The zero-order chi connectivity index (χ0) is 14.7. The lowest BCUT2D eigenvalue weighted by Gasteiger charge is -2.30. The van der Waals surface area contributed by atoms with Gasteiger partial charge in [-0.25, -0.2) is 0 Å². The van der Waals surface area contributed by atoms with Gasteiger partial charge in [-0.2, -0.15) is 0 Å². The molecule has 0 aliphatic carbocycles. The van der Waals surface area contributed by atoms with Gasteiger partial charge in [-0.15, -0.1) is 11.3 Å². The first kappa shape index (κ1) is 15.0. The molecule has 3 rings (SSSR count). The largest absolute Gasteiger partial charge is 0.367 e. The Morgan fingerprint density at radius 2 is 1.86 bits per heavy atom. The third-order valence-electron chi connectivity index (χ3n) is 4.14. The Kier molecular flexibility index (Phi) is 4.90. The smallest absolute Gasteiger partial charge is 0.247 e. The summed E-state index contributed by atoms with van der Waals surface area (Å²) in [5, 5.41) is 0. The first-order valence-electron chi connectivity index (χ1n) is 7.64. The molecule has 5 nitrogen and oxygen atoms in total. The molecule has 3 heterocycles. The predicted octanol–water partition coefficient (Wildman–Crippen LogP) is 1.03. The molecule has 1 unspecified atom stereocenters. The van der Waals surface area contributed by atoms with E-state index >= 15 is 0 Å². The van der Waals surface area contributed by atoms with Gasteiger partial charge in [0.25, 0.3) is 0 Å². The minimum absolute atomic E-state index is 0.361. The molecule has 2 aliphatic heterocycles. The summed E-state index contributed by atoms with van der Waals surface area (Å²) in [6.07, 6.45) is 2.21. The molecule has 0 saturated carbocycles. The molecule has 1 aromatic rings. The first-order valence-corrected chi connectivity index (χ1v) is 8.45. The van der Waals surface area contributed by atoms with Crippen LogP contribution in [0.3, 0.4) is 0 Å². The molecule has 1 aromatic heterocycles. The lowest BCUT2D eigenvalue weighted by Crippen LogP contribution is -2.47. The third-order valence-corrected chi connectivity index (χ3v) is 5.20. The number of hydrogen-bond acceptors (Lipinski definition) is 5. The number of morpholine rings is 1. The van der Waals surface area contributed by atoms with Gasteiger partial charge in [0.2, 0.25) is 5.91 Å². The van der Waals surface area contributed by atoms with Gasteiger partial charge >= 0.3 is 0 Å². The van der Waals surface area contributed by atoms with Crippen LogP contribution in [-0.2, 0) is 22.6 Å². The Morgan fingerprint density at radius 1 is 1.19 bits per heavy atom. The number of primary amides is 1. The van der Waals surface area contributed by atoms with E-state index in [9.17, 15) is 4.79 Å². The molecule has 21 heavy (non-hydrogen) atoms. The van der Waals surface area contributed by atoms with E-state index in [0.717, 1.165) is 19.6 Å². The fraction of sp³-hybridized carbons (Fsp3) is 0.667. The lowest BCUT2D eigenvalue weighted by atomic mass is 10.2. The Bertz CT molecular complexity index is 485. The predicted molar refractivity (Wildman–Crippen MR) is 83.0 cm³/mol. The molecule has 2 aliphatic rings. The van der Waals surface area contributed by atoms with Crippen molar-refractivity contribution >= 4 is 17.2 Å².